The van der Waals surface area contributed by atoms with Crippen LogP contribution in [0.25, 0.3) is 11.1 Å². The fourth-order valence-corrected chi connectivity index (χ4v) is 4.10. The lowest BCUT2D eigenvalue weighted by Crippen LogP contribution is -2.35. The van der Waals surface area contributed by atoms with Gasteiger partial charge in [-0.3, -0.25) is 9.36 Å². The Labute approximate surface area is 170 Å². The Kier molecular flexibility index (Phi) is 5.43. The van der Waals surface area contributed by atoms with Gasteiger partial charge in [0.25, 0.3) is 0 Å². The summed E-state index contributed by atoms with van der Waals surface area (Å²) < 4.78 is 6.70. The molecule has 3 aromatic rings. The topological polar surface area (TPSA) is 58.7 Å². The predicted molar refractivity (Wildman–Crippen MR) is 114 cm³/mol. The molecule has 1 fully saturated rings. The van der Waals surface area contributed by atoms with Gasteiger partial charge in [0.15, 0.2) is 5.58 Å². The summed E-state index contributed by atoms with van der Waals surface area (Å²) in [5, 5.41) is 0. The van der Waals surface area contributed by atoms with E-state index in [0.29, 0.717) is 17.6 Å². The number of hydrogen-bond acceptors (Lipinski definition) is 4. The Morgan fingerprint density at radius 2 is 1.76 bits per heavy atom. The maximum Gasteiger partial charge on any atom is 0.420 e. The molecule has 1 aliphatic rings. The number of oxazole rings is 1. The molecule has 1 amide bonds. The summed E-state index contributed by atoms with van der Waals surface area (Å²) in [5.41, 5.74) is 3.44. The van der Waals surface area contributed by atoms with Gasteiger partial charge in [-0.1, -0.05) is 24.3 Å². The summed E-state index contributed by atoms with van der Waals surface area (Å²) in [4.78, 5) is 29.3. The summed E-state index contributed by atoms with van der Waals surface area (Å²) in [6.07, 6.45) is 3.81. The van der Waals surface area contributed by atoms with Crippen LogP contribution < -0.4 is 10.7 Å². The molecule has 4 rings (SSSR count). The number of benzene rings is 2. The number of anilines is 1. The zero-order valence-corrected chi connectivity index (χ0v) is 17.0. The van der Waals surface area contributed by atoms with Gasteiger partial charge in [-0.25, -0.2) is 4.79 Å². The summed E-state index contributed by atoms with van der Waals surface area (Å²) in [7, 11) is 1.77. The van der Waals surface area contributed by atoms with Crippen LogP contribution in [0.2, 0.25) is 0 Å². The largest absolute Gasteiger partial charge is 0.420 e. The van der Waals surface area contributed by atoms with E-state index in [2.05, 4.69) is 29.2 Å². The van der Waals surface area contributed by atoms with Crippen LogP contribution in [0.15, 0.2) is 57.7 Å². The lowest BCUT2D eigenvalue weighted by atomic mass is 10.1. The second kappa shape index (κ2) is 8.15. The van der Waals surface area contributed by atoms with Gasteiger partial charge in [0, 0.05) is 32.4 Å². The Hall–Kier alpha value is -3.02. The Morgan fingerprint density at radius 3 is 2.48 bits per heavy atom. The van der Waals surface area contributed by atoms with Crippen molar-refractivity contribution in [3.63, 3.8) is 0 Å². The first-order valence-electron chi connectivity index (χ1n) is 10.2. The highest BCUT2D eigenvalue weighted by molar-refractivity contribution is 5.82. The van der Waals surface area contributed by atoms with Crippen LogP contribution in [0, 0.1) is 0 Å². The smallest absolute Gasteiger partial charge is 0.408 e. The minimum absolute atomic E-state index is 0.126. The van der Waals surface area contributed by atoms with Crippen molar-refractivity contribution in [1.82, 2.24) is 9.47 Å². The SMILES string of the molecule is CC(C(=O)N(C)Cc1ccc(N2CCCCC2)cc1)n1c(=O)oc2ccccc21. The quantitative estimate of drug-likeness (QED) is 0.662. The van der Waals surface area contributed by atoms with Crippen LogP contribution in [0.1, 0.15) is 37.8 Å². The third-order valence-electron chi connectivity index (χ3n) is 5.72. The highest BCUT2D eigenvalue weighted by Gasteiger charge is 2.24. The average Bonchev–Trinajstić information content (AvgIpc) is 3.09. The summed E-state index contributed by atoms with van der Waals surface area (Å²) >= 11 is 0. The van der Waals surface area contributed by atoms with Crippen molar-refractivity contribution in [3.8, 4) is 0 Å². The standard InChI is InChI=1S/C23H27N3O3/c1-17(26-20-8-4-5-9-21(20)29-23(26)28)22(27)24(2)16-18-10-12-19(13-11-18)25-14-6-3-7-15-25/h4-5,8-13,17H,3,6-7,14-16H2,1-2H3. The van der Waals surface area contributed by atoms with E-state index < -0.39 is 11.8 Å². The van der Waals surface area contributed by atoms with E-state index in [4.69, 9.17) is 4.42 Å². The maximum absolute atomic E-state index is 13.0. The van der Waals surface area contributed by atoms with Gasteiger partial charge < -0.3 is 14.2 Å². The highest BCUT2D eigenvalue weighted by atomic mass is 16.4. The molecule has 2 aromatic carbocycles. The van der Waals surface area contributed by atoms with E-state index >= 15 is 0 Å². The minimum atomic E-state index is -0.635. The molecule has 1 aromatic heterocycles. The van der Waals surface area contributed by atoms with Crippen LogP contribution in [0.3, 0.4) is 0 Å². The molecule has 6 heteroatoms. The summed E-state index contributed by atoms with van der Waals surface area (Å²) in [6.45, 7) is 4.46. The van der Waals surface area contributed by atoms with E-state index in [9.17, 15) is 9.59 Å². The van der Waals surface area contributed by atoms with Gasteiger partial charge >= 0.3 is 5.76 Å². The molecule has 0 radical (unpaired) electrons. The van der Waals surface area contributed by atoms with Crippen LogP contribution in [0.5, 0.6) is 0 Å². The summed E-state index contributed by atoms with van der Waals surface area (Å²) in [5.74, 6) is -0.634. The van der Waals surface area contributed by atoms with Gasteiger partial charge in [0.1, 0.15) is 6.04 Å². The van der Waals surface area contributed by atoms with Crippen molar-refractivity contribution in [3.05, 3.63) is 64.6 Å². The minimum Gasteiger partial charge on any atom is -0.408 e. The highest BCUT2D eigenvalue weighted by Crippen LogP contribution is 2.22. The molecule has 2 heterocycles. The van der Waals surface area contributed by atoms with Gasteiger partial charge in [0.2, 0.25) is 5.91 Å². The number of carbonyl (C=O) groups excluding carboxylic acids is 1. The fourth-order valence-electron chi connectivity index (χ4n) is 4.10. The van der Waals surface area contributed by atoms with E-state index in [0.717, 1.165) is 18.7 Å². The third-order valence-corrected chi connectivity index (χ3v) is 5.72. The first-order chi connectivity index (χ1) is 14.0. The number of carbonyl (C=O) groups is 1. The third kappa shape index (κ3) is 3.92. The zero-order chi connectivity index (χ0) is 20.4. The molecule has 0 spiro atoms. The van der Waals surface area contributed by atoms with Crippen LogP contribution >= 0.6 is 0 Å². The van der Waals surface area contributed by atoms with Crippen molar-refractivity contribution < 1.29 is 9.21 Å². The molecular formula is C23H27N3O3. The number of hydrogen-bond donors (Lipinski definition) is 0. The molecule has 0 N–H and O–H groups in total. The molecule has 0 saturated carbocycles. The Bertz CT molecular complexity index is 1050. The van der Waals surface area contributed by atoms with Crippen molar-refractivity contribution in [2.45, 2.75) is 38.8 Å². The zero-order valence-electron chi connectivity index (χ0n) is 17.0. The number of amides is 1. The van der Waals surface area contributed by atoms with E-state index in [1.807, 2.05) is 12.1 Å². The normalized spacial score (nSPS) is 15.4. The van der Waals surface area contributed by atoms with Gasteiger partial charge in [-0.2, -0.15) is 0 Å². The molecule has 1 atom stereocenters. The van der Waals surface area contributed by atoms with Gasteiger partial charge in [-0.05, 0) is 56.0 Å². The van der Waals surface area contributed by atoms with Crippen molar-refractivity contribution in [2.24, 2.45) is 0 Å². The number of likely N-dealkylation sites (N-methyl/N-ethyl adjacent to an activating group) is 1. The Balaban J connectivity index is 1.46. The molecule has 0 aliphatic carbocycles. The molecule has 1 saturated heterocycles. The van der Waals surface area contributed by atoms with Crippen molar-refractivity contribution >= 4 is 22.7 Å². The van der Waals surface area contributed by atoms with Gasteiger partial charge in [-0.15, -0.1) is 0 Å². The lowest BCUT2D eigenvalue weighted by molar-refractivity contribution is -0.133. The molecule has 1 unspecified atom stereocenters. The predicted octanol–water partition coefficient (Wildman–Crippen LogP) is 3.80. The fraction of sp³-hybridized carbons (Fsp3) is 0.391. The number of piperidine rings is 1. The van der Waals surface area contributed by atoms with E-state index in [-0.39, 0.29) is 5.91 Å². The number of aromatic nitrogens is 1. The molecule has 1 aliphatic heterocycles. The second-order valence-electron chi connectivity index (χ2n) is 7.79. The molecule has 0 bridgehead atoms. The first-order valence-corrected chi connectivity index (χ1v) is 10.2. The summed E-state index contributed by atoms with van der Waals surface area (Å²) in [6, 6.07) is 15.0. The number of nitrogens with zero attached hydrogens (tertiary/aromatic N) is 3. The molecule has 29 heavy (non-hydrogen) atoms. The van der Waals surface area contributed by atoms with Crippen LogP contribution in [-0.2, 0) is 11.3 Å². The van der Waals surface area contributed by atoms with Crippen molar-refractivity contribution in [2.75, 3.05) is 25.0 Å². The Morgan fingerprint density at radius 1 is 1.07 bits per heavy atom. The maximum atomic E-state index is 13.0. The van der Waals surface area contributed by atoms with Gasteiger partial charge in [0.05, 0.1) is 5.52 Å². The molecule has 152 valence electrons. The number of fused-ring (bicyclic) bond motifs is 1. The van der Waals surface area contributed by atoms with E-state index in [1.165, 1.54) is 29.5 Å². The van der Waals surface area contributed by atoms with Crippen LogP contribution in [-0.4, -0.2) is 35.5 Å². The monoisotopic (exact) mass is 393 g/mol. The first kappa shape index (κ1) is 19.3. The second-order valence-corrected chi connectivity index (χ2v) is 7.79. The number of para-hydroxylation sites is 2. The average molecular weight is 393 g/mol. The van der Waals surface area contributed by atoms with E-state index in [1.54, 1.807) is 31.0 Å². The number of rotatable bonds is 5. The van der Waals surface area contributed by atoms with Crippen LogP contribution in [0.4, 0.5) is 5.69 Å². The molecule has 6 nitrogen and oxygen atoms in total. The van der Waals surface area contributed by atoms with Crippen molar-refractivity contribution in [1.29, 1.82) is 0 Å². The molecular weight excluding hydrogens is 366 g/mol. The lowest BCUT2D eigenvalue weighted by Gasteiger charge is -2.29.